The molecule has 1 aliphatic rings. The number of rotatable bonds is 5. The lowest BCUT2D eigenvalue weighted by Crippen LogP contribution is -2.42. The van der Waals surface area contributed by atoms with Crippen molar-refractivity contribution in [1.82, 2.24) is 4.90 Å². The summed E-state index contributed by atoms with van der Waals surface area (Å²) in [7, 11) is 0. The molecule has 0 aromatic heterocycles. The Balaban J connectivity index is 1.95. The fourth-order valence-corrected chi connectivity index (χ4v) is 3.56. The van der Waals surface area contributed by atoms with Gasteiger partial charge in [0.25, 0.3) is 0 Å². The van der Waals surface area contributed by atoms with Crippen molar-refractivity contribution in [3.8, 4) is 0 Å². The van der Waals surface area contributed by atoms with E-state index in [1.54, 1.807) is 6.07 Å². The average Bonchev–Trinajstić information content (AvgIpc) is 2.38. The van der Waals surface area contributed by atoms with Crippen LogP contribution in [0.5, 0.6) is 0 Å². The Bertz CT molecular complexity index is 414. The molecule has 1 aromatic carbocycles. The SMILES string of the molecule is CCCN1CCCC(C(C)Nc2cc(Cl)cc(Cl)c2)C1. The van der Waals surface area contributed by atoms with Crippen molar-refractivity contribution in [2.45, 2.75) is 39.2 Å². The number of piperidine rings is 1. The van der Waals surface area contributed by atoms with Crippen molar-refractivity contribution < 1.29 is 0 Å². The van der Waals surface area contributed by atoms with Gasteiger partial charge in [0, 0.05) is 28.3 Å². The van der Waals surface area contributed by atoms with Crippen LogP contribution in [0.15, 0.2) is 18.2 Å². The quantitative estimate of drug-likeness (QED) is 0.830. The van der Waals surface area contributed by atoms with Gasteiger partial charge in [0.2, 0.25) is 0 Å². The van der Waals surface area contributed by atoms with E-state index >= 15 is 0 Å². The molecular weight excluding hydrogens is 291 g/mol. The molecule has 4 heteroatoms. The van der Waals surface area contributed by atoms with Gasteiger partial charge in [0.15, 0.2) is 0 Å². The van der Waals surface area contributed by atoms with Gasteiger partial charge in [-0.3, -0.25) is 0 Å². The summed E-state index contributed by atoms with van der Waals surface area (Å²) < 4.78 is 0. The van der Waals surface area contributed by atoms with Crippen molar-refractivity contribution in [3.05, 3.63) is 28.2 Å². The molecule has 0 bridgehead atoms. The van der Waals surface area contributed by atoms with Crippen molar-refractivity contribution in [2.24, 2.45) is 5.92 Å². The van der Waals surface area contributed by atoms with Gasteiger partial charge in [-0.1, -0.05) is 30.1 Å². The van der Waals surface area contributed by atoms with E-state index < -0.39 is 0 Å². The molecule has 2 atom stereocenters. The second kappa shape index (κ2) is 7.53. The molecule has 112 valence electrons. The highest BCUT2D eigenvalue weighted by Gasteiger charge is 2.24. The molecule has 1 N–H and O–H groups in total. The van der Waals surface area contributed by atoms with Gasteiger partial charge in [-0.2, -0.15) is 0 Å². The van der Waals surface area contributed by atoms with Gasteiger partial charge in [-0.05, 0) is 63.4 Å². The normalized spacial score (nSPS) is 21.7. The number of hydrogen-bond donors (Lipinski definition) is 1. The summed E-state index contributed by atoms with van der Waals surface area (Å²) in [5.41, 5.74) is 1.02. The lowest BCUT2D eigenvalue weighted by molar-refractivity contribution is 0.165. The Morgan fingerprint density at radius 3 is 2.65 bits per heavy atom. The van der Waals surface area contributed by atoms with Gasteiger partial charge in [0.1, 0.15) is 0 Å². The summed E-state index contributed by atoms with van der Waals surface area (Å²) in [4.78, 5) is 2.58. The monoisotopic (exact) mass is 314 g/mol. The van der Waals surface area contributed by atoms with Crippen LogP contribution in [0.3, 0.4) is 0 Å². The molecule has 2 unspecified atom stereocenters. The van der Waals surface area contributed by atoms with Gasteiger partial charge in [0.05, 0.1) is 0 Å². The maximum atomic E-state index is 6.05. The van der Waals surface area contributed by atoms with Crippen molar-refractivity contribution in [3.63, 3.8) is 0 Å². The first-order valence-electron chi connectivity index (χ1n) is 7.53. The standard InChI is InChI=1S/C16H24Cl2N2/c1-3-6-20-7-4-5-13(11-20)12(2)19-16-9-14(17)8-15(18)10-16/h8-10,12-13,19H,3-7,11H2,1-2H3. The number of anilines is 1. The van der Waals surface area contributed by atoms with Crippen LogP contribution in [-0.4, -0.2) is 30.6 Å². The summed E-state index contributed by atoms with van der Waals surface area (Å²) >= 11 is 12.1. The molecule has 1 fully saturated rings. The van der Waals surface area contributed by atoms with Crippen molar-refractivity contribution in [1.29, 1.82) is 0 Å². The third-order valence-electron chi connectivity index (χ3n) is 4.05. The highest BCUT2D eigenvalue weighted by Crippen LogP contribution is 2.26. The molecule has 0 spiro atoms. The first-order chi connectivity index (χ1) is 9.58. The minimum atomic E-state index is 0.434. The van der Waals surface area contributed by atoms with E-state index in [1.807, 2.05) is 12.1 Å². The zero-order chi connectivity index (χ0) is 14.5. The predicted octanol–water partition coefficient (Wildman–Crippen LogP) is 4.92. The Morgan fingerprint density at radius 1 is 1.30 bits per heavy atom. The average molecular weight is 315 g/mol. The molecule has 0 aliphatic carbocycles. The van der Waals surface area contributed by atoms with Crippen LogP contribution in [0.4, 0.5) is 5.69 Å². The van der Waals surface area contributed by atoms with Crippen LogP contribution in [0.1, 0.15) is 33.1 Å². The Labute approximate surface area is 132 Å². The van der Waals surface area contributed by atoms with Crippen LogP contribution in [-0.2, 0) is 0 Å². The van der Waals surface area contributed by atoms with Gasteiger partial charge in [-0.25, -0.2) is 0 Å². The van der Waals surface area contributed by atoms with Gasteiger partial charge < -0.3 is 10.2 Å². The topological polar surface area (TPSA) is 15.3 Å². The Morgan fingerprint density at radius 2 is 2.00 bits per heavy atom. The molecule has 2 rings (SSSR count). The Hall–Kier alpha value is -0.440. The van der Waals surface area contributed by atoms with E-state index in [1.165, 1.54) is 38.9 Å². The number of likely N-dealkylation sites (tertiary alicyclic amines) is 1. The van der Waals surface area contributed by atoms with Crippen LogP contribution in [0, 0.1) is 5.92 Å². The van der Waals surface area contributed by atoms with Gasteiger partial charge in [-0.15, -0.1) is 0 Å². The molecule has 1 saturated heterocycles. The zero-order valence-electron chi connectivity index (χ0n) is 12.3. The van der Waals surface area contributed by atoms with Crippen molar-refractivity contribution in [2.75, 3.05) is 25.0 Å². The molecule has 0 radical (unpaired) electrons. The molecular formula is C16H24Cl2N2. The van der Waals surface area contributed by atoms with E-state index in [0.717, 1.165) is 5.69 Å². The third-order valence-corrected chi connectivity index (χ3v) is 4.48. The van der Waals surface area contributed by atoms with Crippen LogP contribution in [0.2, 0.25) is 10.0 Å². The lowest BCUT2D eigenvalue weighted by Gasteiger charge is -2.36. The summed E-state index contributed by atoms with van der Waals surface area (Å²) in [6.07, 6.45) is 3.83. The number of nitrogens with one attached hydrogen (secondary N) is 1. The third kappa shape index (κ3) is 4.54. The number of benzene rings is 1. The van der Waals surface area contributed by atoms with E-state index in [0.29, 0.717) is 22.0 Å². The number of nitrogens with zero attached hydrogens (tertiary/aromatic N) is 1. The fourth-order valence-electron chi connectivity index (χ4n) is 3.04. The highest BCUT2D eigenvalue weighted by atomic mass is 35.5. The maximum Gasteiger partial charge on any atom is 0.0441 e. The molecule has 0 amide bonds. The minimum Gasteiger partial charge on any atom is -0.382 e. The van der Waals surface area contributed by atoms with Crippen LogP contribution >= 0.6 is 23.2 Å². The fraction of sp³-hybridized carbons (Fsp3) is 0.625. The molecule has 1 aromatic rings. The minimum absolute atomic E-state index is 0.434. The maximum absolute atomic E-state index is 6.05. The molecule has 0 saturated carbocycles. The molecule has 1 aliphatic heterocycles. The predicted molar refractivity (Wildman–Crippen MR) is 89.0 cm³/mol. The van der Waals surface area contributed by atoms with E-state index in [2.05, 4.69) is 24.1 Å². The summed E-state index contributed by atoms with van der Waals surface area (Å²) in [5.74, 6) is 0.688. The zero-order valence-corrected chi connectivity index (χ0v) is 13.8. The van der Waals surface area contributed by atoms with E-state index in [9.17, 15) is 0 Å². The molecule has 2 nitrogen and oxygen atoms in total. The van der Waals surface area contributed by atoms with Crippen molar-refractivity contribution >= 4 is 28.9 Å². The van der Waals surface area contributed by atoms with Crippen LogP contribution < -0.4 is 5.32 Å². The summed E-state index contributed by atoms with van der Waals surface area (Å²) in [5, 5.41) is 4.93. The lowest BCUT2D eigenvalue weighted by atomic mass is 9.91. The van der Waals surface area contributed by atoms with Crippen LogP contribution in [0.25, 0.3) is 0 Å². The second-order valence-electron chi connectivity index (χ2n) is 5.79. The Kier molecular flexibility index (Phi) is 6.01. The second-order valence-corrected chi connectivity index (χ2v) is 6.67. The molecule has 1 heterocycles. The van der Waals surface area contributed by atoms with E-state index in [-0.39, 0.29) is 0 Å². The number of hydrogen-bond acceptors (Lipinski definition) is 2. The highest BCUT2D eigenvalue weighted by molar-refractivity contribution is 6.35. The first kappa shape index (κ1) is 15.9. The number of halogens is 2. The molecule has 20 heavy (non-hydrogen) atoms. The summed E-state index contributed by atoms with van der Waals surface area (Å²) in [6.45, 7) is 8.16. The summed E-state index contributed by atoms with van der Waals surface area (Å²) in [6, 6.07) is 6.08. The van der Waals surface area contributed by atoms with Gasteiger partial charge >= 0.3 is 0 Å². The smallest absolute Gasteiger partial charge is 0.0441 e. The van der Waals surface area contributed by atoms with E-state index in [4.69, 9.17) is 23.2 Å². The largest absolute Gasteiger partial charge is 0.382 e. The first-order valence-corrected chi connectivity index (χ1v) is 8.29.